The molecule has 17 heavy (non-hydrogen) atoms. The minimum atomic E-state index is -0.0408. The molecule has 0 atom stereocenters. The molecule has 1 nitrogen and oxygen atoms in total. The molecule has 0 spiro atoms. The zero-order chi connectivity index (χ0) is 11.7. The number of rotatable bonds is 2. The van der Waals surface area contributed by atoms with Crippen LogP contribution < -0.4 is 0 Å². The maximum absolute atomic E-state index is 5.89. The van der Waals surface area contributed by atoms with E-state index >= 15 is 0 Å². The van der Waals surface area contributed by atoms with Gasteiger partial charge < -0.3 is 4.74 Å². The van der Waals surface area contributed by atoms with Gasteiger partial charge in [0.1, 0.15) is 0 Å². The van der Waals surface area contributed by atoms with Gasteiger partial charge in [-0.15, -0.1) is 0 Å². The minimum absolute atomic E-state index is 0.0408. The van der Waals surface area contributed by atoms with Crippen molar-refractivity contribution in [3.05, 3.63) is 48.0 Å². The minimum Gasteiger partial charge on any atom is -0.374 e. The Bertz CT molecular complexity index is 519. The average Bonchev–Trinajstić information content (AvgIpc) is 2.88. The zero-order valence-electron chi connectivity index (χ0n) is 10.3. The smallest absolute Gasteiger partial charge is 0.0933 e. The SMILES string of the molecule is COC1(c2cccc3ccccc23)CCCC1. The number of fused-ring (bicyclic) bond motifs is 1. The Labute approximate surface area is 102 Å². The van der Waals surface area contributed by atoms with Crippen LogP contribution in [0.25, 0.3) is 10.8 Å². The van der Waals surface area contributed by atoms with E-state index in [1.165, 1.54) is 29.2 Å². The van der Waals surface area contributed by atoms with Gasteiger partial charge in [0.25, 0.3) is 0 Å². The number of hydrogen-bond donors (Lipinski definition) is 0. The van der Waals surface area contributed by atoms with Gasteiger partial charge >= 0.3 is 0 Å². The van der Waals surface area contributed by atoms with Crippen LogP contribution in [0.3, 0.4) is 0 Å². The van der Waals surface area contributed by atoms with E-state index in [9.17, 15) is 0 Å². The zero-order valence-corrected chi connectivity index (χ0v) is 10.3. The molecule has 1 heteroatoms. The molecule has 0 radical (unpaired) electrons. The highest BCUT2D eigenvalue weighted by Crippen LogP contribution is 2.44. The Hall–Kier alpha value is -1.34. The fourth-order valence-corrected chi connectivity index (χ4v) is 3.15. The molecule has 0 aliphatic heterocycles. The molecular formula is C16H18O. The largest absolute Gasteiger partial charge is 0.374 e. The lowest BCUT2D eigenvalue weighted by molar-refractivity contribution is -0.00743. The third kappa shape index (κ3) is 1.66. The molecule has 0 aromatic heterocycles. The highest BCUT2D eigenvalue weighted by molar-refractivity contribution is 5.86. The van der Waals surface area contributed by atoms with E-state index in [1.54, 1.807) is 0 Å². The van der Waals surface area contributed by atoms with Crippen LogP contribution in [0.5, 0.6) is 0 Å². The van der Waals surface area contributed by atoms with Crippen molar-refractivity contribution in [1.82, 2.24) is 0 Å². The lowest BCUT2D eigenvalue weighted by atomic mass is 9.88. The van der Waals surface area contributed by atoms with Crippen molar-refractivity contribution in [1.29, 1.82) is 0 Å². The van der Waals surface area contributed by atoms with Crippen molar-refractivity contribution in [2.24, 2.45) is 0 Å². The lowest BCUT2D eigenvalue weighted by Gasteiger charge is -2.29. The Balaban J connectivity index is 2.22. The Morgan fingerprint density at radius 3 is 2.41 bits per heavy atom. The quantitative estimate of drug-likeness (QED) is 0.743. The van der Waals surface area contributed by atoms with Gasteiger partial charge in [-0.3, -0.25) is 0 Å². The normalized spacial score (nSPS) is 18.6. The first-order valence-electron chi connectivity index (χ1n) is 6.39. The fraction of sp³-hybridized carbons (Fsp3) is 0.375. The molecule has 1 aliphatic rings. The van der Waals surface area contributed by atoms with Crippen LogP contribution in [0.2, 0.25) is 0 Å². The molecule has 2 aromatic rings. The standard InChI is InChI=1S/C16H18O/c1-17-16(11-4-5-12-16)15-10-6-8-13-7-2-3-9-14(13)15/h2-3,6-10H,4-5,11-12H2,1H3. The molecule has 0 heterocycles. The molecule has 2 aromatic carbocycles. The molecule has 0 N–H and O–H groups in total. The van der Waals surface area contributed by atoms with E-state index < -0.39 is 0 Å². The van der Waals surface area contributed by atoms with Crippen LogP contribution in [0.4, 0.5) is 0 Å². The van der Waals surface area contributed by atoms with E-state index in [4.69, 9.17) is 4.74 Å². The molecule has 1 aliphatic carbocycles. The van der Waals surface area contributed by atoms with Crippen LogP contribution >= 0.6 is 0 Å². The van der Waals surface area contributed by atoms with Crippen molar-refractivity contribution >= 4 is 10.8 Å². The predicted octanol–water partition coefficient (Wildman–Crippen LogP) is 4.26. The Morgan fingerprint density at radius 1 is 0.941 bits per heavy atom. The first kappa shape index (κ1) is 10.8. The summed E-state index contributed by atoms with van der Waals surface area (Å²) in [5, 5.41) is 2.66. The summed E-state index contributed by atoms with van der Waals surface area (Å²) < 4.78 is 5.89. The second-order valence-electron chi connectivity index (χ2n) is 4.93. The van der Waals surface area contributed by atoms with E-state index in [0.717, 1.165) is 12.8 Å². The average molecular weight is 226 g/mol. The maximum atomic E-state index is 5.89. The van der Waals surface area contributed by atoms with Gasteiger partial charge in [-0.05, 0) is 29.2 Å². The second kappa shape index (κ2) is 4.15. The lowest BCUT2D eigenvalue weighted by Crippen LogP contribution is -2.24. The monoisotopic (exact) mass is 226 g/mol. The molecule has 0 saturated heterocycles. The van der Waals surface area contributed by atoms with Crippen molar-refractivity contribution < 1.29 is 4.74 Å². The Morgan fingerprint density at radius 2 is 1.65 bits per heavy atom. The van der Waals surface area contributed by atoms with Crippen LogP contribution in [-0.2, 0) is 10.3 Å². The van der Waals surface area contributed by atoms with Gasteiger partial charge in [0.2, 0.25) is 0 Å². The van der Waals surface area contributed by atoms with E-state index in [2.05, 4.69) is 42.5 Å². The van der Waals surface area contributed by atoms with Crippen LogP contribution in [0, 0.1) is 0 Å². The van der Waals surface area contributed by atoms with Gasteiger partial charge in [0.05, 0.1) is 5.60 Å². The van der Waals surface area contributed by atoms with E-state index in [1.807, 2.05) is 7.11 Å². The summed E-state index contributed by atoms with van der Waals surface area (Å²) in [6.07, 6.45) is 4.85. The number of benzene rings is 2. The first-order chi connectivity index (χ1) is 8.36. The number of ether oxygens (including phenoxy) is 1. The summed E-state index contributed by atoms with van der Waals surface area (Å²) in [5.41, 5.74) is 1.33. The fourth-order valence-electron chi connectivity index (χ4n) is 3.15. The molecule has 1 fully saturated rings. The summed E-state index contributed by atoms with van der Waals surface area (Å²) in [6, 6.07) is 15.2. The topological polar surface area (TPSA) is 9.23 Å². The van der Waals surface area contributed by atoms with Crippen LogP contribution in [-0.4, -0.2) is 7.11 Å². The van der Waals surface area contributed by atoms with Gasteiger partial charge in [-0.1, -0.05) is 55.3 Å². The van der Waals surface area contributed by atoms with Crippen molar-refractivity contribution in [2.75, 3.05) is 7.11 Å². The predicted molar refractivity (Wildman–Crippen MR) is 71.1 cm³/mol. The molecule has 0 amide bonds. The molecule has 0 bridgehead atoms. The Kier molecular flexibility index (Phi) is 2.64. The summed E-state index contributed by atoms with van der Waals surface area (Å²) in [4.78, 5) is 0. The summed E-state index contributed by atoms with van der Waals surface area (Å²) in [6.45, 7) is 0. The molecule has 3 rings (SSSR count). The third-order valence-electron chi connectivity index (χ3n) is 4.08. The number of hydrogen-bond acceptors (Lipinski definition) is 1. The molecular weight excluding hydrogens is 208 g/mol. The summed E-state index contributed by atoms with van der Waals surface area (Å²) in [7, 11) is 1.85. The van der Waals surface area contributed by atoms with E-state index in [-0.39, 0.29) is 5.60 Å². The highest BCUT2D eigenvalue weighted by atomic mass is 16.5. The molecule has 88 valence electrons. The van der Waals surface area contributed by atoms with Crippen molar-refractivity contribution in [2.45, 2.75) is 31.3 Å². The molecule has 0 unspecified atom stereocenters. The van der Waals surface area contributed by atoms with Crippen LogP contribution in [0.15, 0.2) is 42.5 Å². The van der Waals surface area contributed by atoms with Gasteiger partial charge in [0.15, 0.2) is 0 Å². The van der Waals surface area contributed by atoms with Gasteiger partial charge in [0, 0.05) is 7.11 Å². The highest BCUT2D eigenvalue weighted by Gasteiger charge is 2.36. The van der Waals surface area contributed by atoms with Gasteiger partial charge in [-0.25, -0.2) is 0 Å². The first-order valence-corrected chi connectivity index (χ1v) is 6.39. The number of methoxy groups -OCH3 is 1. The third-order valence-corrected chi connectivity index (χ3v) is 4.08. The summed E-state index contributed by atoms with van der Waals surface area (Å²) in [5.74, 6) is 0. The summed E-state index contributed by atoms with van der Waals surface area (Å²) >= 11 is 0. The maximum Gasteiger partial charge on any atom is 0.0933 e. The molecule has 1 saturated carbocycles. The van der Waals surface area contributed by atoms with Crippen molar-refractivity contribution in [3.63, 3.8) is 0 Å². The van der Waals surface area contributed by atoms with Crippen LogP contribution in [0.1, 0.15) is 31.2 Å². The second-order valence-corrected chi connectivity index (χ2v) is 4.93. The van der Waals surface area contributed by atoms with Crippen molar-refractivity contribution in [3.8, 4) is 0 Å². The van der Waals surface area contributed by atoms with E-state index in [0.29, 0.717) is 0 Å². The van der Waals surface area contributed by atoms with Gasteiger partial charge in [-0.2, -0.15) is 0 Å².